The second-order valence-corrected chi connectivity index (χ2v) is 6.12. The zero-order valence-electron chi connectivity index (χ0n) is 11.2. The topological polar surface area (TPSA) is 21.3 Å². The predicted octanol–water partition coefficient (Wildman–Crippen LogP) is 4.13. The van der Waals surface area contributed by atoms with Gasteiger partial charge < -0.3 is 10.1 Å². The first kappa shape index (κ1) is 15.5. The molecule has 20 heavy (non-hydrogen) atoms. The Kier molecular flexibility index (Phi) is 5.21. The standard InChI is InChI=1S/C14H18F3NOS/c1-10(18-12-6-8-20-9-7-12)11-2-4-13(5-3-11)19-14(15,16)17/h2-5,10,12,18H,6-9H2,1H3. The van der Waals surface area contributed by atoms with E-state index in [1.807, 2.05) is 18.7 Å². The van der Waals surface area contributed by atoms with Crippen LogP contribution in [0.25, 0.3) is 0 Å². The lowest BCUT2D eigenvalue weighted by Crippen LogP contribution is -2.34. The number of benzene rings is 1. The van der Waals surface area contributed by atoms with Crippen molar-refractivity contribution in [2.45, 2.75) is 38.2 Å². The number of halogens is 3. The quantitative estimate of drug-likeness (QED) is 0.903. The zero-order valence-corrected chi connectivity index (χ0v) is 12.1. The molecule has 1 saturated heterocycles. The molecule has 1 heterocycles. The van der Waals surface area contributed by atoms with Crippen molar-refractivity contribution in [3.63, 3.8) is 0 Å². The van der Waals surface area contributed by atoms with Crippen molar-refractivity contribution in [3.05, 3.63) is 29.8 Å². The van der Waals surface area contributed by atoms with Crippen molar-refractivity contribution in [3.8, 4) is 5.75 Å². The summed E-state index contributed by atoms with van der Waals surface area (Å²) in [4.78, 5) is 0. The number of ether oxygens (including phenoxy) is 1. The van der Waals surface area contributed by atoms with Crippen LogP contribution in [0.15, 0.2) is 24.3 Å². The molecule has 1 aliphatic rings. The van der Waals surface area contributed by atoms with E-state index < -0.39 is 6.36 Å². The largest absolute Gasteiger partial charge is 0.573 e. The third-order valence-corrected chi connectivity index (χ3v) is 4.37. The molecule has 6 heteroatoms. The minimum atomic E-state index is -4.63. The lowest BCUT2D eigenvalue weighted by molar-refractivity contribution is -0.274. The van der Waals surface area contributed by atoms with Crippen LogP contribution in [0.1, 0.15) is 31.4 Å². The van der Waals surface area contributed by atoms with Gasteiger partial charge in [0.2, 0.25) is 0 Å². The van der Waals surface area contributed by atoms with Gasteiger partial charge in [-0.15, -0.1) is 13.2 Å². The Hall–Kier alpha value is -0.880. The van der Waals surface area contributed by atoms with Gasteiger partial charge in [-0.1, -0.05) is 12.1 Å². The number of rotatable bonds is 4. The fourth-order valence-corrected chi connectivity index (χ4v) is 3.38. The third kappa shape index (κ3) is 4.90. The predicted molar refractivity (Wildman–Crippen MR) is 75.0 cm³/mol. The van der Waals surface area contributed by atoms with E-state index in [0.717, 1.165) is 18.4 Å². The summed E-state index contributed by atoms with van der Waals surface area (Å²) < 4.78 is 40.1. The van der Waals surface area contributed by atoms with Gasteiger partial charge in [-0.3, -0.25) is 0 Å². The van der Waals surface area contributed by atoms with Crippen LogP contribution in [0.5, 0.6) is 5.75 Å². The molecule has 0 bridgehead atoms. The van der Waals surface area contributed by atoms with Gasteiger partial charge in [0.25, 0.3) is 0 Å². The number of hydrogen-bond acceptors (Lipinski definition) is 3. The molecule has 2 nitrogen and oxygen atoms in total. The minimum Gasteiger partial charge on any atom is -0.406 e. The fraction of sp³-hybridized carbons (Fsp3) is 0.571. The third-order valence-electron chi connectivity index (χ3n) is 3.32. The SMILES string of the molecule is CC(NC1CCSCC1)c1ccc(OC(F)(F)F)cc1. The first-order valence-electron chi connectivity index (χ1n) is 6.63. The fourth-order valence-electron chi connectivity index (χ4n) is 2.27. The average molecular weight is 305 g/mol. The monoisotopic (exact) mass is 305 g/mol. The lowest BCUT2D eigenvalue weighted by atomic mass is 10.1. The Morgan fingerprint density at radius 2 is 1.80 bits per heavy atom. The highest BCUT2D eigenvalue weighted by molar-refractivity contribution is 7.99. The molecule has 1 atom stereocenters. The Morgan fingerprint density at radius 1 is 1.20 bits per heavy atom. The molecule has 1 aromatic rings. The van der Waals surface area contributed by atoms with Crippen LogP contribution < -0.4 is 10.1 Å². The van der Waals surface area contributed by atoms with Gasteiger partial charge in [0.1, 0.15) is 5.75 Å². The van der Waals surface area contributed by atoms with Crippen molar-refractivity contribution in [1.82, 2.24) is 5.32 Å². The number of thioether (sulfide) groups is 1. The van der Waals surface area contributed by atoms with E-state index in [4.69, 9.17) is 0 Å². The van der Waals surface area contributed by atoms with E-state index in [2.05, 4.69) is 10.1 Å². The molecule has 0 amide bonds. The highest BCUT2D eigenvalue weighted by Crippen LogP contribution is 2.25. The maximum atomic E-state index is 12.1. The van der Waals surface area contributed by atoms with Crippen molar-refractivity contribution < 1.29 is 17.9 Å². The van der Waals surface area contributed by atoms with Gasteiger partial charge in [-0.25, -0.2) is 0 Å². The molecule has 1 aliphatic heterocycles. The van der Waals surface area contributed by atoms with Gasteiger partial charge in [0, 0.05) is 12.1 Å². The second kappa shape index (κ2) is 6.72. The first-order chi connectivity index (χ1) is 9.44. The molecule has 2 rings (SSSR count). The molecule has 0 radical (unpaired) electrons. The highest BCUT2D eigenvalue weighted by atomic mass is 32.2. The van der Waals surface area contributed by atoms with E-state index in [0.29, 0.717) is 6.04 Å². The lowest BCUT2D eigenvalue weighted by Gasteiger charge is -2.26. The normalized spacial score (nSPS) is 18.8. The average Bonchev–Trinajstić information content (AvgIpc) is 2.39. The van der Waals surface area contributed by atoms with Crippen LogP contribution >= 0.6 is 11.8 Å². The minimum absolute atomic E-state index is 0.128. The molecule has 1 fully saturated rings. The number of alkyl halides is 3. The molecule has 112 valence electrons. The molecule has 0 saturated carbocycles. The summed E-state index contributed by atoms with van der Waals surface area (Å²) >= 11 is 1.97. The molecule has 1 N–H and O–H groups in total. The molecule has 0 aliphatic carbocycles. The smallest absolute Gasteiger partial charge is 0.406 e. The van der Waals surface area contributed by atoms with Gasteiger partial charge in [-0.2, -0.15) is 11.8 Å². The van der Waals surface area contributed by atoms with E-state index in [1.54, 1.807) is 12.1 Å². The molecular weight excluding hydrogens is 287 g/mol. The summed E-state index contributed by atoms with van der Waals surface area (Å²) in [6, 6.07) is 6.70. The van der Waals surface area contributed by atoms with Gasteiger partial charge in [-0.05, 0) is 49.0 Å². The maximum absolute atomic E-state index is 12.1. The van der Waals surface area contributed by atoms with Crippen LogP contribution in [0.2, 0.25) is 0 Å². The Morgan fingerprint density at radius 3 is 2.35 bits per heavy atom. The molecule has 0 aromatic heterocycles. The summed E-state index contributed by atoms with van der Waals surface area (Å²) in [6.07, 6.45) is -2.35. The van der Waals surface area contributed by atoms with Gasteiger partial charge >= 0.3 is 6.36 Å². The maximum Gasteiger partial charge on any atom is 0.573 e. The summed E-state index contributed by atoms with van der Waals surface area (Å²) in [6.45, 7) is 2.03. The summed E-state index contributed by atoms with van der Waals surface area (Å²) in [5.74, 6) is 2.16. The van der Waals surface area contributed by atoms with E-state index in [-0.39, 0.29) is 11.8 Å². The van der Waals surface area contributed by atoms with Crippen LogP contribution in [0.3, 0.4) is 0 Å². The van der Waals surface area contributed by atoms with Crippen molar-refractivity contribution in [2.24, 2.45) is 0 Å². The number of nitrogens with one attached hydrogen (secondary N) is 1. The van der Waals surface area contributed by atoms with Crippen LogP contribution in [-0.2, 0) is 0 Å². The summed E-state index contributed by atoms with van der Waals surface area (Å²) in [5, 5.41) is 3.53. The van der Waals surface area contributed by atoms with Crippen molar-refractivity contribution >= 4 is 11.8 Å². The molecule has 1 aromatic carbocycles. The molecule has 0 spiro atoms. The summed E-state index contributed by atoms with van der Waals surface area (Å²) in [7, 11) is 0. The highest BCUT2D eigenvalue weighted by Gasteiger charge is 2.31. The van der Waals surface area contributed by atoms with E-state index in [1.165, 1.54) is 23.6 Å². The van der Waals surface area contributed by atoms with E-state index >= 15 is 0 Å². The van der Waals surface area contributed by atoms with Crippen LogP contribution in [0.4, 0.5) is 13.2 Å². The molecule has 1 unspecified atom stereocenters. The summed E-state index contributed by atoms with van der Waals surface area (Å²) in [5.41, 5.74) is 0.970. The van der Waals surface area contributed by atoms with Crippen LogP contribution in [0, 0.1) is 0 Å². The van der Waals surface area contributed by atoms with E-state index in [9.17, 15) is 13.2 Å². The number of hydrogen-bond donors (Lipinski definition) is 1. The van der Waals surface area contributed by atoms with Crippen molar-refractivity contribution in [1.29, 1.82) is 0 Å². The van der Waals surface area contributed by atoms with Crippen LogP contribution in [-0.4, -0.2) is 23.9 Å². The Balaban J connectivity index is 1.91. The first-order valence-corrected chi connectivity index (χ1v) is 7.79. The molecular formula is C14H18F3NOS. The zero-order chi connectivity index (χ0) is 14.6. The Bertz CT molecular complexity index is 415. The Labute approximate surface area is 121 Å². The second-order valence-electron chi connectivity index (χ2n) is 4.89. The van der Waals surface area contributed by atoms with Crippen molar-refractivity contribution in [2.75, 3.05) is 11.5 Å². The van der Waals surface area contributed by atoms with Gasteiger partial charge in [0.05, 0.1) is 0 Å². The van der Waals surface area contributed by atoms with Gasteiger partial charge in [0.15, 0.2) is 0 Å².